The normalized spacial score (nSPS) is 10.5. The highest BCUT2D eigenvalue weighted by molar-refractivity contribution is 14.1. The van der Waals surface area contributed by atoms with Crippen molar-refractivity contribution in [1.82, 2.24) is 15.0 Å². The third-order valence-electron chi connectivity index (χ3n) is 1.40. The Morgan fingerprint density at radius 2 is 2.17 bits per heavy atom. The van der Waals surface area contributed by atoms with Gasteiger partial charge in [-0.3, -0.25) is 0 Å². The fourth-order valence-electron chi connectivity index (χ4n) is 0.901. The Labute approximate surface area is 87.3 Å². The van der Waals surface area contributed by atoms with Gasteiger partial charge in [0.25, 0.3) is 0 Å². The van der Waals surface area contributed by atoms with Gasteiger partial charge in [0.2, 0.25) is 5.28 Å². The number of halogens is 2. The largest absolute Gasteiger partial charge is 0.236 e. The van der Waals surface area contributed by atoms with Crippen molar-refractivity contribution in [2.24, 2.45) is 0 Å². The lowest BCUT2D eigenvalue weighted by Gasteiger charge is -1.97. The first kappa shape index (κ1) is 8.12. The van der Waals surface area contributed by atoms with Crippen molar-refractivity contribution in [2.75, 3.05) is 0 Å². The number of aromatic nitrogens is 3. The number of nitrogens with zero attached hydrogens (tertiary/aromatic N) is 3. The molecule has 0 aliphatic heterocycles. The first-order chi connectivity index (χ1) is 5.77. The Hall–Kier alpha value is -0.490. The van der Waals surface area contributed by atoms with Crippen LogP contribution >= 0.6 is 34.2 Å². The highest BCUT2D eigenvalue weighted by atomic mass is 127. The molecule has 0 aromatic carbocycles. The average Bonchev–Trinajstić information content (AvgIpc) is 2.04. The number of fused-ring (bicyclic) bond motifs is 1. The molecule has 0 radical (unpaired) electrons. The van der Waals surface area contributed by atoms with E-state index in [-0.39, 0.29) is 5.28 Å². The van der Waals surface area contributed by atoms with E-state index < -0.39 is 0 Å². The fourth-order valence-corrected chi connectivity index (χ4v) is 1.86. The van der Waals surface area contributed by atoms with E-state index in [4.69, 9.17) is 11.6 Å². The fraction of sp³-hybridized carbons (Fsp3) is 0. The molecule has 0 saturated carbocycles. The second-order valence-electron chi connectivity index (χ2n) is 2.16. The highest BCUT2D eigenvalue weighted by Gasteiger charge is 2.02. The third-order valence-corrected chi connectivity index (χ3v) is 2.39. The Kier molecular flexibility index (Phi) is 2.10. The second kappa shape index (κ2) is 3.10. The minimum Gasteiger partial charge on any atom is -0.236 e. The van der Waals surface area contributed by atoms with E-state index in [1.807, 2.05) is 12.1 Å². The van der Waals surface area contributed by atoms with E-state index in [2.05, 4.69) is 37.5 Å². The summed E-state index contributed by atoms with van der Waals surface area (Å²) in [5, 5.41) is 1.17. The molecule has 0 amide bonds. The molecule has 0 N–H and O–H groups in total. The summed E-state index contributed by atoms with van der Waals surface area (Å²) in [4.78, 5) is 12.0. The molecular weight excluding hydrogens is 288 g/mol. The van der Waals surface area contributed by atoms with Crippen LogP contribution in [0.5, 0.6) is 0 Å². The van der Waals surface area contributed by atoms with Gasteiger partial charge in [0.05, 0.1) is 5.39 Å². The van der Waals surface area contributed by atoms with Crippen molar-refractivity contribution in [3.63, 3.8) is 0 Å². The van der Waals surface area contributed by atoms with Crippen LogP contribution in [0.2, 0.25) is 5.28 Å². The summed E-state index contributed by atoms with van der Waals surface area (Å²) in [6.45, 7) is 0. The van der Waals surface area contributed by atoms with E-state index in [0.717, 1.165) is 9.09 Å². The molecule has 0 saturated heterocycles. The molecule has 2 aromatic heterocycles. The number of hydrogen-bond acceptors (Lipinski definition) is 3. The molecule has 0 spiro atoms. The SMILES string of the molecule is Clc1nc(I)c2cccnc2n1. The summed E-state index contributed by atoms with van der Waals surface area (Å²) in [7, 11) is 0. The molecule has 2 rings (SSSR count). The zero-order valence-corrected chi connectivity index (χ0v) is 8.74. The van der Waals surface area contributed by atoms with Gasteiger partial charge in [0.1, 0.15) is 3.70 Å². The van der Waals surface area contributed by atoms with Crippen LogP contribution in [0.15, 0.2) is 18.3 Å². The van der Waals surface area contributed by atoms with Crippen molar-refractivity contribution < 1.29 is 0 Å². The lowest BCUT2D eigenvalue weighted by Crippen LogP contribution is -1.90. The van der Waals surface area contributed by atoms with E-state index in [9.17, 15) is 0 Å². The van der Waals surface area contributed by atoms with Crippen LogP contribution < -0.4 is 0 Å². The van der Waals surface area contributed by atoms with Crippen LogP contribution in [0.25, 0.3) is 11.0 Å². The van der Waals surface area contributed by atoms with Gasteiger partial charge < -0.3 is 0 Å². The molecule has 0 unspecified atom stereocenters. The first-order valence-corrected chi connectivity index (χ1v) is 4.67. The van der Waals surface area contributed by atoms with Gasteiger partial charge in [0, 0.05) is 6.20 Å². The van der Waals surface area contributed by atoms with Crippen molar-refractivity contribution in [3.05, 3.63) is 27.3 Å². The molecule has 60 valence electrons. The Balaban J connectivity index is 2.89. The topological polar surface area (TPSA) is 38.7 Å². The van der Waals surface area contributed by atoms with Crippen LogP contribution in [0, 0.1) is 3.70 Å². The van der Waals surface area contributed by atoms with Crippen LogP contribution in [0.1, 0.15) is 0 Å². The second-order valence-corrected chi connectivity index (χ2v) is 3.52. The van der Waals surface area contributed by atoms with Gasteiger partial charge in [-0.05, 0) is 46.3 Å². The summed E-state index contributed by atoms with van der Waals surface area (Å²) in [5.74, 6) is 0. The molecular formula is C7H3ClIN3. The van der Waals surface area contributed by atoms with Gasteiger partial charge in [-0.25, -0.2) is 9.97 Å². The van der Waals surface area contributed by atoms with Crippen LogP contribution in [-0.4, -0.2) is 15.0 Å². The minimum absolute atomic E-state index is 0.241. The lowest BCUT2D eigenvalue weighted by molar-refractivity contribution is 1.16. The van der Waals surface area contributed by atoms with Crippen molar-refractivity contribution in [2.45, 2.75) is 0 Å². The van der Waals surface area contributed by atoms with E-state index in [0.29, 0.717) is 5.65 Å². The quantitative estimate of drug-likeness (QED) is 0.425. The zero-order chi connectivity index (χ0) is 8.55. The van der Waals surface area contributed by atoms with Gasteiger partial charge >= 0.3 is 0 Å². The smallest absolute Gasteiger partial charge is 0.225 e. The van der Waals surface area contributed by atoms with Crippen LogP contribution in [0.3, 0.4) is 0 Å². The van der Waals surface area contributed by atoms with Crippen LogP contribution in [0.4, 0.5) is 0 Å². The Morgan fingerprint density at radius 3 is 3.00 bits per heavy atom. The van der Waals surface area contributed by atoms with E-state index in [1.165, 1.54) is 0 Å². The summed E-state index contributed by atoms with van der Waals surface area (Å²) >= 11 is 7.77. The molecule has 0 aliphatic carbocycles. The molecule has 0 aliphatic rings. The maximum Gasteiger partial charge on any atom is 0.225 e. The van der Waals surface area contributed by atoms with E-state index in [1.54, 1.807) is 6.20 Å². The average molecular weight is 291 g/mol. The molecule has 2 heterocycles. The zero-order valence-electron chi connectivity index (χ0n) is 5.83. The first-order valence-electron chi connectivity index (χ1n) is 3.21. The predicted molar refractivity (Wildman–Crippen MR) is 55.1 cm³/mol. The van der Waals surface area contributed by atoms with Crippen molar-refractivity contribution >= 4 is 45.2 Å². The molecule has 12 heavy (non-hydrogen) atoms. The summed E-state index contributed by atoms with van der Waals surface area (Å²) in [6, 6.07) is 3.77. The maximum absolute atomic E-state index is 5.66. The molecule has 5 heteroatoms. The van der Waals surface area contributed by atoms with Gasteiger partial charge in [0.15, 0.2) is 5.65 Å². The predicted octanol–water partition coefficient (Wildman–Crippen LogP) is 2.28. The molecule has 0 fully saturated rings. The van der Waals surface area contributed by atoms with Gasteiger partial charge in [-0.15, -0.1) is 0 Å². The monoisotopic (exact) mass is 291 g/mol. The maximum atomic E-state index is 5.66. The van der Waals surface area contributed by atoms with Crippen LogP contribution in [-0.2, 0) is 0 Å². The number of hydrogen-bond donors (Lipinski definition) is 0. The van der Waals surface area contributed by atoms with Crippen molar-refractivity contribution in [1.29, 1.82) is 0 Å². The molecule has 3 nitrogen and oxygen atoms in total. The highest BCUT2D eigenvalue weighted by Crippen LogP contribution is 2.16. The molecule has 2 aromatic rings. The summed E-state index contributed by atoms with van der Waals surface area (Å²) < 4.78 is 0.829. The third kappa shape index (κ3) is 1.36. The van der Waals surface area contributed by atoms with Gasteiger partial charge in [-0.1, -0.05) is 0 Å². The van der Waals surface area contributed by atoms with Crippen molar-refractivity contribution in [3.8, 4) is 0 Å². The van der Waals surface area contributed by atoms with Gasteiger partial charge in [-0.2, -0.15) is 4.98 Å². The minimum atomic E-state index is 0.241. The standard InChI is InChI=1S/C7H3ClIN3/c8-7-11-5(9)4-2-1-3-10-6(4)12-7/h1-3H. The Morgan fingerprint density at radius 1 is 1.33 bits per heavy atom. The number of rotatable bonds is 0. The summed E-state index contributed by atoms with van der Waals surface area (Å²) in [5.41, 5.74) is 0.641. The molecule has 0 bridgehead atoms. The number of pyridine rings is 1. The molecule has 0 atom stereocenters. The summed E-state index contributed by atoms with van der Waals surface area (Å²) in [6.07, 6.45) is 1.68. The lowest BCUT2D eigenvalue weighted by atomic mass is 10.3. The van der Waals surface area contributed by atoms with E-state index >= 15 is 0 Å². The Bertz CT molecular complexity index is 432.